The largest absolute Gasteiger partial charge is 0.435 e. The smallest absolute Gasteiger partial charge is 0.410 e. The Bertz CT molecular complexity index is 731. The standard InChI is InChI=1S/C12H5F4N3O2/c13-9-2-1-8(3-7(9)5-17)19-11(21-6-20)4-10(18-19)12(14,15)16/h1-4,6H. The Morgan fingerprint density at radius 2 is 2.05 bits per heavy atom. The van der Waals surface area contributed by atoms with Gasteiger partial charge in [-0.1, -0.05) is 0 Å². The second-order valence-corrected chi connectivity index (χ2v) is 3.77. The van der Waals surface area contributed by atoms with Crippen LogP contribution >= 0.6 is 0 Å². The molecule has 0 bridgehead atoms. The van der Waals surface area contributed by atoms with Crippen molar-refractivity contribution in [3.8, 4) is 17.6 Å². The summed E-state index contributed by atoms with van der Waals surface area (Å²) in [6, 6.07) is 5.04. The molecule has 1 heterocycles. The fourth-order valence-corrected chi connectivity index (χ4v) is 1.55. The van der Waals surface area contributed by atoms with E-state index in [1.807, 2.05) is 0 Å². The lowest BCUT2D eigenvalue weighted by molar-refractivity contribution is -0.141. The monoisotopic (exact) mass is 299 g/mol. The van der Waals surface area contributed by atoms with E-state index in [9.17, 15) is 22.4 Å². The number of carbonyl (C=O) groups is 1. The van der Waals surface area contributed by atoms with E-state index in [0.29, 0.717) is 10.7 Å². The maximum atomic E-state index is 13.2. The van der Waals surface area contributed by atoms with Crippen LogP contribution in [0, 0.1) is 17.1 Å². The van der Waals surface area contributed by atoms with Crippen molar-refractivity contribution in [3.05, 3.63) is 41.3 Å². The maximum absolute atomic E-state index is 13.2. The van der Waals surface area contributed by atoms with Crippen molar-refractivity contribution in [2.45, 2.75) is 6.18 Å². The highest BCUT2D eigenvalue weighted by Gasteiger charge is 2.35. The average molecular weight is 299 g/mol. The zero-order chi connectivity index (χ0) is 15.6. The van der Waals surface area contributed by atoms with Crippen LogP contribution in [0.25, 0.3) is 5.69 Å². The zero-order valence-corrected chi connectivity index (χ0v) is 10.1. The zero-order valence-electron chi connectivity index (χ0n) is 10.1. The van der Waals surface area contributed by atoms with Gasteiger partial charge in [-0.3, -0.25) is 4.79 Å². The number of ether oxygens (including phenoxy) is 1. The van der Waals surface area contributed by atoms with Crippen LogP contribution in [-0.2, 0) is 11.0 Å². The Morgan fingerprint density at radius 3 is 2.62 bits per heavy atom. The number of carbonyl (C=O) groups excluding carboxylic acids is 1. The SMILES string of the molecule is N#Cc1cc(-n2nc(C(F)(F)F)cc2OC=O)ccc1F. The van der Waals surface area contributed by atoms with E-state index in [0.717, 1.165) is 18.2 Å². The molecule has 0 aliphatic heterocycles. The van der Waals surface area contributed by atoms with Gasteiger partial charge in [0.05, 0.1) is 11.3 Å². The Balaban J connectivity index is 2.59. The molecule has 0 unspecified atom stereocenters. The van der Waals surface area contributed by atoms with Gasteiger partial charge in [-0.05, 0) is 18.2 Å². The fraction of sp³-hybridized carbons (Fsp3) is 0.0833. The van der Waals surface area contributed by atoms with Crippen molar-refractivity contribution >= 4 is 6.47 Å². The molecular formula is C12H5F4N3O2. The quantitative estimate of drug-likeness (QED) is 0.645. The molecule has 0 fully saturated rings. The highest BCUT2D eigenvalue weighted by atomic mass is 19.4. The Hall–Kier alpha value is -2.89. The summed E-state index contributed by atoms with van der Waals surface area (Å²) in [4.78, 5) is 10.3. The predicted molar refractivity (Wildman–Crippen MR) is 59.9 cm³/mol. The molecule has 0 saturated carbocycles. The number of aromatic nitrogens is 2. The minimum atomic E-state index is -4.75. The molecule has 5 nitrogen and oxygen atoms in total. The first-order chi connectivity index (χ1) is 9.86. The van der Waals surface area contributed by atoms with Gasteiger partial charge in [0.25, 0.3) is 6.47 Å². The molecule has 0 saturated heterocycles. The van der Waals surface area contributed by atoms with E-state index in [1.165, 1.54) is 0 Å². The van der Waals surface area contributed by atoms with Crippen LogP contribution in [0.5, 0.6) is 5.88 Å². The number of nitrogens with zero attached hydrogens (tertiary/aromatic N) is 3. The van der Waals surface area contributed by atoms with Gasteiger partial charge in [0.2, 0.25) is 5.88 Å². The van der Waals surface area contributed by atoms with Gasteiger partial charge >= 0.3 is 6.18 Å². The molecule has 1 aromatic carbocycles. The molecule has 0 radical (unpaired) electrons. The van der Waals surface area contributed by atoms with Crippen LogP contribution in [0.2, 0.25) is 0 Å². The van der Waals surface area contributed by atoms with Crippen molar-refractivity contribution in [3.63, 3.8) is 0 Å². The third-order valence-electron chi connectivity index (χ3n) is 2.45. The molecule has 0 atom stereocenters. The lowest BCUT2D eigenvalue weighted by Gasteiger charge is -2.06. The molecule has 1 aromatic heterocycles. The second-order valence-electron chi connectivity index (χ2n) is 3.77. The lowest BCUT2D eigenvalue weighted by atomic mass is 10.2. The predicted octanol–water partition coefficient (Wildman–Crippen LogP) is 2.44. The number of nitriles is 1. The molecule has 0 spiro atoms. The van der Waals surface area contributed by atoms with Crippen molar-refractivity contribution in [1.29, 1.82) is 5.26 Å². The minimum Gasteiger partial charge on any atom is -0.410 e. The topological polar surface area (TPSA) is 67.9 Å². The first-order valence-electron chi connectivity index (χ1n) is 5.34. The molecular weight excluding hydrogens is 294 g/mol. The lowest BCUT2D eigenvalue weighted by Crippen LogP contribution is -2.07. The third kappa shape index (κ3) is 2.84. The summed E-state index contributed by atoms with van der Waals surface area (Å²) in [5.41, 5.74) is -1.73. The third-order valence-corrected chi connectivity index (χ3v) is 2.45. The minimum absolute atomic E-state index is 0.0553. The number of alkyl halides is 3. The highest BCUT2D eigenvalue weighted by molar-refractivity contribution is 5.48. The van der Waals surface area contributed by atoms with Crippen LogP contribution in [-0.4, -0.2) is 16.3 Å². The van der Waals surface area contributed by atoms with Crippen molar-refractivity contribution in [2.75, 3.05) is 0 Å². The molecule has 108 valence electrons. The summed E-state index contributed by atoms with van der Waals surface area (Å²) in [6.07, 6.45) is -4.75. The molecule has 0 aliphatic rings. The summed E-state index contributed by atoms with van der Waals surface area (Å²) >= 11 is 0. The van der Waals surface area contributed by atoms with Crippen molar-refractivity contribution in [2.24, 2.45) is 0 Å². The average Bonchev–Trinajstić information content (AvgIpc) is 2.84. The van der Waals surface area contributed by atoms with E-state index in [-0.39, 0.29) is 17.7 Å². The van der Waals surface area contributed by atoms with Gasteiger partial charge in [-0.25, -0.2) is 4.39 Å². The highest BCUT2D eigenvalue weighted by Crippen LogP contribution is 2.32. The van der Waals surface area contributed by atoms with Gasteiger partial charge in [-0.15, -0.1) is 0 Å². The second kappa shape index (κ2) is 5.24. The Kier molecular flexibility index (Phi) is 3.62. The number of hydrogen-bond donors (Lipinski definition) is 0. The van der Waals surface area contributed by atoms with E-state index in [4.69, 9.17) is 5.26 Å². The fourth-order valence-electron chi connectivity index (χ4n) is 1.55. The number of halogens is 4. The first kappa shape index (κ1) is 14.5. The number of hydrogen-bond acceptors (Lipinski definition) is 4. The Morgan fingerprint density at radius 1 is 1.33 bits per heavy atom. The van der Waals surface area contributed by atoms with Gasteiger partial charge < -0.3 is 4.74 Å². The van der Waals surface area contributed by atoms with Crippen LogP contribution < -0.4 is 4.74 Å². The van der Waals surface area contributed by atoms with Crippen LogP contribution in [0.3, 0.4) is 0 Å². The summed E-state index contributed by atoms with van der Waals surface area (Å²) in [5.74, 6) is -1.34. The van der Waals surface area contributed by atoms with Crippen LogP contribution in [0.15, 0.2) is 24.3 Å². The van der Waals surface area contributed by atoms with Crippen LogP contribution in [0.1, 0.15) is 11.3 Å². The van der Waals surface area contributed by atoms with Gasteiger partial charge in [0.1, 0.15) is 11.9 Å². The van der Waals surface area contributed by atoms with E-state index in [1.54, 1.807) is 6.07 Å². The summed E-state index contributed by atoms with van der Waals surface area (Å²) < 4.78 is 56.1. The molecule has 21 heavy (non-hydrogen) atoms. The van der Waals surface area contributed by atoms with E-state index >= 15 is 0 Å². The normalized spacial score (nSPS) is 11.0. The molecule has 2 aromatic rings. The van der Waals surface area contributed by atoms with E-state index < -0.39 is 23.6 Å². The van der Waals surface area contributed by atoms with Gasteiger partial charge in [0.15, 0.2) is 5.69 Å². The number of rotatable bonds is 3. The van der Waals surface area contributed by atoms with Gasteiger partial charge in [-0.2, -0.15) is 28.2 Å². The number of benzene rings is 1. The summed E-state index contributed by atoms with van der Waals surface area (Å²) in [6.45, 7) is -0.0671. The summed E-state index contributed by atoms with van der Waals surface area (Å²) in [5, 5.41) is 12.0. The molecule has 0 N–H and O–H groups in total. The van der Waals surface area contributed by atoms with E-state index in [2.05, 4.69) is 9.84 Å². The molecule has 2 rings (SSSR count). The van der Waals surface area contributed by atoms with Gasteiger partial charge in [0, 0.05) is 6.07 Å². The molecule has 0 aliphatic carbocycles. The first-order valence-corrected chi connectivity index (χ1v) is 5.34. The maximum Gasteiger partial charge on any atom is 0.435 e. The van der Waals surface area contributed by atoms with Crippen LogP contribution in [0.4, 0.5) is 17.6 Å². The molecule has 0 amide bonds. The summed E-state index contributed by atoms with van der Waals surface area (Å²) in [7, 11) is 0. The van der Waals surface area contributed by atoms with Crippen molar-refractivity contribution in [1.82, 2.24) is 9.78 Å². The molecule has 9 heteroatoms. The Labute approximate surface area is 115 Å². The van der Waals surface area contributed by atoms with Crippen molar-refractivity contribution < 1.29 is 27.1 Å².